The highest BCUT2D eigenvalue weighted by atomic mass is 32.2. The topological polar surface area (TPSA) is 114 Å². The highest BCUT2D eigenvalue weighted by molar-refractivity contribution is 7.90. The van der Waals surface area contributed by atoms with Gasteiger partial charge in [0.05, 0.1) is 17.3 Å². The third-order valence-corrected chi connectivity index (χ3v) is 3.61. The molecule has 1 heterocycles. The van der Waals surface area contributed by atoms with Crippen molar-refractivity contribution in [3.05, 3.63) is 42.2 Å². The van der Waals surface area contributed by atoms with Gasteiger partial charge in [-0.05, 0) is 19.1 Å². The van der Waals surface area contributed by atoms with Crippen molar-refractivity contribution in [3.63, 3.8) is 0 Å². The summed E-state index contributed by atoms with van der Waals surface area (Å²) in [4.78, 5) is 15.2. The number of anilines is 1. The normalized spacial score (nSPS) is 10.8. The Morgan fingerprint density at radius 1 is 1.15 bits per heavy atom. The molecule has 8 nitrogen and oxygen atoms in total. The zero-order valence-electron chi connectivity index (χ0n) is 10.4. The maximum atomic E-state index is 11.9. The third kappa shape index (κ3) is 3.48. The van der Waals surface area contributed by atoms with Gasteiger partial charge in [0, 0.05) is 0 Å². The minimum atomic E-state index is -3.93. The van der Waals surface area contributed by atoms with Crippen molar-refractivity contribution in [2.75, 3.05) is 5.32 Å². The van der Waals surface area contributed by atoms with Gasteiger partial charge in [0.25, 0.3) is 16.0 Å². The number of carbonyl (C=O) groups excluding carboxylic acids is 1. The Labute approximate surface area is 115 Å². The fourth-order valence-electron chi connectivity index (χ4n) is 1.33. The van der Waals surface area contributed by atoms with Crippen LogP contribution in [0.5, 0.6) is 0 Å². The molecule has 0 atom stereocenters. The van der Waals surface area contributed by atoms with Crippen molar-refractivity contribution in [1.82, 2.24) is 19.9 Å². The second-order valence-corrected chi connectivity index (χ2v) is 5.52. The summed E-state index contributed by atoms with van der Waals surface area (Å²) in [7, 11) is -3.93. The van der Waals surface area contributed by atoms with E-state index in [4.69, 9.17) is 0 Å². The average Bonchev–Trinajstić information content (AvgIpc) is 2.39. The quantitative estimate of drug-likeness (QED) is 0.860. The summed E-state index contributed by atoms with van der Waals surface area (Å²) in [5.74, 6) is -0.0934. The van der Waals surface area contributed by atoms with Gasteiger partial charge in [-0.25, -0.2) is 22.9 Å². The first-order chi connectivity index (χ1) is 9.47. The van der Waals surface area contributed by atoms with Crippen LogP contribution in [0, 0.1) is 6.92 Å². The molecule has 0 saturated carbocycles. The molecule has 9 heteroatoms. The Bertz CT molecular complexity index is 701. The first kappa shape index (κ1) is 13.9. The minimum Gasteiger partial charge on any atom is -0.274 e. The number of benzene rings is 1. The summed E-state index contributed by atoms with van der Waals surface area (Å²) in [5, 5.41) is 9.17. The first-order valence-electron chi connectivity index (χ1n) is 5.51. The van der Waals surface area contributed by atoms with E-state index in [2.05, 4.69) is 20.5 Å². The minimum absolute atomic E-state index is 0.00893. The van der Waals surface area contributed by atoms with Gasteiger partial charge in [-0.3, -0.25) is 5.32 Å². The standard InChI is InChI=1S/C11H11N5O3S/c1-8-2-4-9(5-3-8)20(18,19)16-11(17)14-10-12-6-7-13-15-10/h2-7H,1H3,(H2,12,14,15,16,17). The monoisotopic (exact) mass is 293 g/mol. The van der Waals surface area contributed by atoms with E-state index < -0.39 is 16.1 Å². The Balaban J connectivity index is 2.08. The summed E-state index contributed by atoms with van der Waals surface area (Å²) < 4.78 is 25.7. The number of hydrogen-bond donors (Lipinski definition) is 2. The van der Waals surface area contributed by atoms with E-state index in [1.807, 2.05) is 11.6 Å². The summed E-state index contributed by atoms with van der Waals surface area (Å²) >= 11 is 0. The lowest BCUT2D eigenvalue weighted by Gasteiger charge is -2.07. The third-order valence-electron chi connectivity index (χ3n) is 2.27. The number of nitrogens with zero attached hydrogens (tertiary/aromatic N) is 3. The van der Waals surface area contributed by atoms with Crippen LogP contribution in [-0.2, 0) is 10.0 Å². The van der Waals surface area contributed by atoms with Gasteiger partial charge < -0.3 is 0 Å². The maximum absolute atomic E-state index is 11.9. The van der Waals surface area contributed by atoms with Crippen molar-refractivity contribution >= 4 is 22.0 Å². The molecule has 0 aliphatic rings. The van der Waals surface area contributed by atoms with E-state index >= 15 is 0 Å². The number of aromatic nitrogens is 3. The molecule has 0 aliphatic heterocycles. The molecule has 0 saturated heterocycles. The van der Waals surface area contributed by atoms with E-state index in [-0.39, 0.29) is 10.8 Å². The SMILES string of the molecule is Cc1ccc(S(=O)(=O)NC(=O)Nc2nccnn2)cc1. The summed E-state index contributed by atoms with van der Waals surface area (Å²) in [5.41, 5.74) is 0.914. The molecular weight excluding hydrogens is 282 g/mol. The molecule has 0 aliphatic carbocycles. The van der Waals surface area contributed by atoms with Crippen LogP contribution in [-0.4, -0.2) is 29.6 Å². The number of sulfonamides is 1. The van der Waals surface area contributed by atoms with Gasteiger partial charge >= 0.3 is 6.03 Å². The number of amides is 2. The van der Waals surface area contributed by atoms with E-state index in [0.717, 1.165) is 5.56 Å². The number of carbonyl (C=O) groups is 1. The highest BCUT2D eigenvalue weighted by Crippen LogP contribution is 2.09. The van der Waals surface area contributed by atoms with Crippen LogP contribution in [0.15, 0.2) is 41.6 Å². The Morgan fingerprint density at radius 3 is 2.45 bits per heavy atom. The number of urea groups is 1. The summed E-state index contributed by atoms with van der Waals surface area (Å²) in [6.45, 7) is 1.83. The molecule has 2 amide bonds. The molecule has 2 rings (SSSR count). The van der Waals surface area contributed by atoms with Crippen molar-refractivity contribution in [1.29, 1.82) is 0 Å². The van der Waals surface area contributed by atoms with Gasteiger partial charge in [-0.15, -0.1) is 5.10 Å². The summed E-state index contributed by atoms with van der Waals surface area (Å²) in [6, 6.07) is 5.13. The van der Waals surface area contributed by atoms with Gasteiger partial charge in [0.1, 0.15) is 0 Å². The molecule has 0 radical (unpaired) electrons. The van der Waals surface area contributed by atoms with Crippen LogP contribution in [0.1, 0.15) is 5.56 Å². The van der Waals surface area contributed by atoms with Gasteiger partial charge in [-0.2, -0.15) is 5.10 Å². The fraction of sp³-hybridized carbons (Fsp3) is 0.0909. The smallest absolute Gasteiger partial charge is 0.274 e. The second-order valence-electron chi connectivity index (χ2n) is 3.84. The molecule has 20 heavy (non-hydrogen) atoms. The molecule has 2 aromatic rings. The van der Waals surface area contributed by atoms with E-state index in [1.165, 1.54) is 24.5 Å². The van der Waals surface area contributed by atoms with Gasteiger partial charge in [0.15, 0.2) is 0 Å². The predicted molar refractivity (Wildman–Crippen MR) is 70.3 cm³/mol. The maximum Gasteiger partial charge on any atom is 0.335 e. The predicted octanol–water partition coefficient (Wildman–Crippen LogP) is 0.690. The molecule has 0 fully saturated rings. The molecule has 1 aromatic heterocycles. The van der Waals surface area contributed by atoms with Gasteiger partial charge in [0.2, 0.25) is 0 Å². The van der Waals surface area contributed by atoms with Crippen molar-refractivity contribution < 1.29 is 13.2 Å². The average molecular weight is 293 g/mol. The van der Waals surface area contributed by atoms with E-state index in [9.17, 15) is 13.2 Å². The van der Waals surface area contributed by atoms with Crippen LogP contribution in [0.4, 0.5) is 10.7 Å². The van der Waals surface area contributed by atoms with Crippen LogP contribution in [0.3, 0.4) is 0 Å². The van der Waals surface area contributed by atoms with Crippen LogP contribution in [0.25, 0.3) is 0 Å². The zero-order chi connectivity index (χ0) is 14.6. The summed E-state index contributed by atoms with van der Waals surface area (Å²) in [6.07, 6.45) is 2.64. The molecule has 2 N–H and O–H groups in total. The lowest BCUT2D eigenvalue weighted by Crippen LogP contribution is -2.34. The number of rotatable bonds is 3. The molecular formula is C11H11N5O3S. The lowest BCUT2D eigenvalue weighted by molar-refractivity contribution is 0.256. The lowest BCUT2D eigenvalue weighted by atomic mass is 10.2. The largest absolute Gasteiger partial charge is 0.335 e. The van der Waals surface area contributed by atoms with Crippen LogP contribution >= 0.6 is 0 Å². The van der Waals surface area contributed by atoms with Crippen LogP contribution < -0.4 is 10.0 Å². The number of hydrogen-bond acceptors (Lipinski definition) is 6. The van der Waals surface area contributed by atoms with E-state index in [1.54, 1.807) is 12.1 Å². The highest BCUT2D eigenvalue weighted by Gasteiger charge is 2.17. The Kier molecular flexibility index (Phi) is 3.89. The molecule has 0 spiro atoms. The van der Waals surface area contributed by atoms with Crippen molar-refractivity contribution in [2.24, 2.45) is 0 Å². The second kappa shape index (κ2) is 5.61. The first-order valence-corrected chi connectivity index (χ1v) is 7.00. The fourth-order valence-corrected chi connectivity index (χ4v) is 2.24. The molecule has 1 aromatic carbocycles. The number of nitrogens with one attached hydrogen (secondary N) is 2. The van der Waals surface area contributed by atoms with Gasteiger partial charge in [-0.1, -0.05) is 17.7 Å². The Hall–Kier alpha value is -2.55. The zero-order valence-corrected chi connectivity index (χ0v) is 11.3. The Morgan fingerprint density at radius 2 is 1.85 bits per heavy atom. The van der Waals surface area contributed by atoms with Crippen molar-refractivity contribution in [3.8, 4) is 0 Å². The molecule has 0 bridgehead atoms. The van der Waals surface area contributed by atoms with Crippen molar-refractivity contribution in [2.45, 2.75) is 11.8 Å². The van der Waals surface area contributed by atoms with Crippen LogP contribution in [0.2, 0.25) is 0 Å². The molecule has 104 valence electrons. The number of aryl methyl sites for hydroxylation is 1. The van der Waals surface area contributed by atoms with E-state index in [0.29, 0.717) is 0 Å². The molecule has 0 unspecified atom stereocenters.